The lowest BCUT2D eigenvalue weighted by molar-refractivity contribution is 1.78. The van der Waals surface area contributed by atoms with Crippen molar-refractivity contribution in [2.24, 2.45) is 4.88 Å². The van der Waals surface area contributed by atoms with E-state index in [1.807, 2.05) is 6.66 Å². The molecule has 0 aromatic rings. The molecule has 0 aliphatic carbocycles. The number of azide groups is 1. The Morgan fingerprint density at radius 1 is 2.00 bits per heavy atom. The zero-order valence-corrected chi connectivity index (χ0v) is 4.55. The van der Waals surface area contributed by atoms with Gasteiger partial charge in [0.15, 0.2) is 0 Å². The fourth-order valence-electron chi connectivity index (χ4n) is 0.0763. The molecule has 34 valence electrons. The van der Waals surface area contributed by atoms with Crippen molar-refractivity contribution in [1.82, 2.24) is 0 Å². The van der Waals surface area contributed by atoms with Gasteiger partial charge >= 0.3 is 0 Å². The van der Waals surface area contributed by atoms with Gasteiger partial charge in [0.25, 0.3) is 0 Å². The van der Waals surface area contributed by atoms with Gasteiger partial charge in [0, 0.05) is 4.91 Å². The van der Waals surface area contributed by atoms with E-state index in [4.69, 9.17) is 5.53 Å². The van der Waals surface area contributed by atoms with Crippen LogP contribution in [0.25, 0.3) is 10.4 Å². The molecule has 0 heterocycles. The van der Waals surface area contributed by atoms with Crippen LogP contribution in [0, 0.1) is 0 Å². The van der Waals surface area contributed by atoms with Crippen LogP contribution in [0.5, 0.6) is 0 Å². The van der Waals surface area contributed by atoms with Crippen molar-refractivity contribution in [2.45, 2.75) is 0 Å². The van der Waals surface area contributed by atoms with E-state index < -0.39 is 7.70 Å². The normalized spacial score (nSPS) is 12.2. The lowest BCUT2D eigenvalue weighted by atomic mass is 11.9. The summed E-state index contributed by atoms with van der Waals surface area (Å²) in [6, 6.07) is 0. The minimum absolute atomic E-state index is 0.927. The summed E-state index contributed by atoms with van der Waals surface area (Å²) >= 11 is 0. The van der Waals surface area contributed by atoms with Gasteiger partial charge in [-0.15, -0.1) is 0 Å². The lowest BCUT2D eigenvalue weighted by Crippen LogP contribution is -1.35. The first-order valence-corrected chi connectivity index (χ1v) is 3.63. The Morgan fingerprint density at radius 2 is 2.50 bits per heavy atom. The molecule has 3 nitrogen and oxygen atoms in total. The third-order valence-corrected chi connectivity index (χ3v) is 0.646. The molecule has 0 aliphatic rings. The van der Waals surface area contributed by atoms with Crippen molar-refractivity contribution in [3.8, 4) is 0 Å². The van der Waals surface area contributed by atoms with Gasteiger partial charge < -0.3 is 0 Å². The summed E-state index contributed by atoms with van der Waals surface area (Å²) in [5, 5.41) is 0. The molecule has 0 aromatic heterocycles. The van der Waals surface area contributed by atoms with E-state index in [9.17, 15) is 0 Å². The molecule has 1 atom stereocenters. The van der Waals surface area contributed by atoms with Crippen LogP contribution in [-0.2, 0) is 0 Å². The third-order valence-electron chi connectivity index (χ3n) is 0.215. The minimum atomic E-state index is -0.927. The van der Waals surface area contributed by atoms with Crippen LogP contribution in [0.2, 0.25) is 0 Å². The maximum Gasteiger partial charge on any atom is 0.00441 e. The molecule has 6 heavy (non-hydrogen) atoms. The van der Waals surface area contributed by atoms with Crippen LogP contribution < -0.4 is 0 Å². The summed E-state index contributed by atoms with van der Waals surface area (Å²) in [5.41, 5.74) is 7.68. The fraction of sp³-hybridized carbons (Fsp3) is 0.500. The molecule has 0 spiro atoms. The van der Waals surface area contributed by atoms with Crippen molar-refractivity contribution in [2.75, 3.05) is 6.66 Å². The Balaban J connectivity index is 3.60. The molecule has 0 fully saturated rings. The highest BCUT2D eigenvalue weighted by atomic mass is 31.1. The largest absolute Gasteiger partial charge is 0.0976 e. The Labute approximate surface area is 37.1 Å². The Morgan fingerprint density at radius 3 is 2.50 bits per heavy atom. The van der Waals surface area contributed by atoms with Gasteiger partial charge in [-0.2, -0.15) is 0 Å². The van der Waals surface area contributed by atoms with E-state index in [1.165, 1.54) is 0 Å². The summed E-state index contributed by atoms with van der Waals surface area (Å²) in [6.07, 6.45) is 3.51. The SMILES string of the molecule is C=[PH](C)N=[N+]=[N-]. The second-order valence-electron chi connectivity index (χ2n) is 0.925. The number of rotatable bonds is 1. The van der Waals surface area contributed by atoms with E-state index in [1.54, 1.807) is 0 Å². The Hall–Kier alpha value is -0.390. The van der Waals surface area contributed by atoms with Crippen molar-refractivity contribution in [1.29, 1.82) is 0 Å². The van der Waals surface area contributed by atoms with Crippen molar-refractivity contribution in [3.05, 3.63) is 10.4 Å². The summed E-state index contributed by atoms with van der Waals surface area (Å²) in [6.45, 7) is 1.82. The Kier molecular flexibility index (Phi) is 2.64. The average molecular weight is 103 g/mol. The molecule has 0 amide bonds. The summed E-state index contributed by atoms with van der Waals surface area (Å²) < 4.78 is 0. The van der Waals surface area contributed by atoms with E-state index >= 15 is 0 Å². The molecule has 4 heteroatoms. The average Bonchev–Trinajstić information content (AvgIpc) is 1.35. The molecule has 1 unspecified atom stereocenters. The van der Waals surface area contributed by atoms with Crippen molar-refractivity contribution < 1.29 is 0 Å². The zero-order valence-electron chi connectivity index (χ0n) is 3.55. The van der Waals surface area contributed by atoms with Gasteiger partial charge in [-0.1, -0.05) is 11.2 Å². The fourth-order valence-corrected chi connectivity index (χ4v) is 0.229. The van der Waals surface area contributed by atoms with E-state index in [2.05, 4.69) is 16.1 Å². The maximum atomic E-state index is 7.68. The van der Waals surface area contributed by atoms with Crippen LogP contribution in [0.4, 0.5) is 0 Å². The van der Waals surface area contributed by atoms with Crippen LogP contribution in [0.15, 0.2) is 4.88 Å². The summed E-state index contributed by atoms with van der Waals surface area (Å²) in [7, 11) is -0.927. The van der Waals surface area contributed by atoms with Crippen LogP contribution in [0.1, 0.15) is 0 Å². The van der Waals surface area contributed by atoms with Gasteiger partial charge in [0.05, 0.1) is 0 Å². The van der Waals surface area contributed by atoms with Crippen LogP contribution in [-0.4, -0.2) is 13.0 Å². The number of nitrogens with zero attached hydrogens (tertiary/aromatic N) is 3. The van der Waals surface area contributed by atoms with Gasteiger partial charge in [0.1, 0.15) is 0 Å². The second-order valence-corrected chi connectivity index (χ2v) is 2.60. The molecular weight excluding hydrogens is 97.0 g/mol. The van der Waals surface area contributed by atoms with Crippen molar-refractivity contribution >= 4 is 14.0 Å². The highest BCUT2D eigenvalue weighted by Crippen LogP contribution is 2.12. The first-order chi connectivity index (χ1) is 2.77. The first-order valence-electron chi connectivity index (χ1n) is 1.48. The quantitative estimate of drug-likeness (QED) is 0.209. The molecule has 0 radical (unpaired) electrons. The molecule has 0 aliphatic heterocycles. The van der Waals surface area contributed by atoms with Crippen LogP contribution in [0.3, 0.4) is 0 Å². The maximum absolute atomic E-state index is 7.68. The summed E-state index contributed by atoms with van der Waals surface area (Å²) in [4.78, 5) is 5.84. The van der Waals surface area contributed by atoms with E-state index in [0.717, 1.165) is 0 Å². The second kappa shape index (κ2) is 2.83. The van der Waals surface area contributed by atoms with Gasteiger partial charge in [-0.3, -0.25) is 0 Å². The first kappa shape index (κ1) is 5.61. The molecule has 0 aromatic carbocycles. The van der Waals surface area contributed by atoms with Crippen molar-refractivity contribution in [3.63, 3.8) is 0 Å². The predicted octanol–water partition coefficient (Wildman–Crippen LogP) is 1.49. The highest BCUT2D eigenvalue weighted by Gasteiger charge is 1.62. The number of hydrogen-bond donors (Lipinski definition) is 0. The minimum Gasteiger partial charge on any atom is -0.0976 e. The standard InChI is InChI=1S/C2H6N3P/c1-6(2)5-4-3/h6H,1H2,2H3. The smallest absolute Gasteiger partial charge is 0.00441 e. The number of hydrogen-bond acceptors (Lipinski definition) is 1. The highest BCUT2D eigenvalue weighted by molar-refractivity contribution is 7.53. The Bertz CT molecular complexity index is 101. The predicted molar refractivity (Wildman–Crippen MR) is 30.5 cm³/mol. The molecule has 0 saturated carbocycles. The summed E-state index contributed by atoms with van der Waals surface area (Å²) in [5.74, 6) is 0. The molecular formula is C2H6N3P. The van der Waals surface area contributed by atoms with E-state index in [0.29, 0.717) is 0 Å². The topological polar surface area (TPSA) is 48.8 Å². The molecule has 0 rings (SSSR count). The van der Waals surface area contributed by atoms with Gasteiger partial charge in [0.2, 0.25) is 0 Å². The molecule has 0 N–H and O–H groups in total. The molecule has 0 saturated heterocycles. The lowest BCUT2D eigenvalue weighted by Gasteiger charge is -1.72. The zero-order chi connectivity index (χ0) is 4.99. The van der Waals surface area contributed by atoms with Crippen LogP contribution >= 0.6 is 7.70 Å². The van der Waals surface area contributed by atoms with E-state index in [-0.39, 0.29) is 0 Å². The van der Waals surface area contributed by atoms with Gasteiger partial charge in [-0.25, -0.2) is 0 Å². The van der Waals surface area contributed by atoms with Gasteiger partial charge in [-0.05, 0) is 19.9 Å². The molecule has 0 bridgehead atoms. The monoisotopic (exact) mass is 103 g/mol. The third kappa shape index (κ3) is 3.61.